The number of hydrogen-bond donors (Lipinski definition) is 3. The Morgan fingerprint density at radius 2 is 1.90 bits per heavy atom. The number of nitrogens with one attached hydrogen (secondary N) is 2. The van der Waals surface area contributed by atoms with Crippen molar-refractivity contribution in [2.24, 2.45) is 11.0 Å². The molecule has 0 unspecified atom stereocenters. The molecule has 3 aromatic rings. The maximum atomic E-state index is 13.1. The second-order valence-corrected chi connectivity index (χ2v) is 11.0. The highest BCUT2D eigenvalue weighted by atomic mass is 32.1. The van der Waals surface area contributed by atoms with Crippen molar-refractivity contribution < 1.29 is 33.7 Å². The molecule has 0 saturated heterocycles. The number of anilines is 1. The van der Waals surface area contributed by atoms with E-state index in [1.807, 2.05) is 6.92 Å². The Morgan fingerprint density at radius 1 is 1.14 bits per heavy atom. The zero-order chi connectivity index (χ0) is 30.2. The predicted octanol–water partition coefficient (Wildman–Crippen LogP) is 5.32. The van der Waals surface area contributed by atoms with Crippen LogP contribution in [0.1, 0.15) is 70.8 Å². The van der Waals surface area contributed by atoms with Gasteiger partial charge in [0.2, 0.25) is 0 Å². The number of rotatable bonds is 11. The number of benzene rings is 2. The maximum Gasteiger partial charge on any atom is 0.341 e. The average molecular weight is 594 g/mol. The Morgan fingerprint density at radius 3 is 2.62 bits per heavy atom. The minimum absolute atomic E-state index is 0.0184. The van der Waals surface area contributed by atoms with Crippen LogP contribution in [-0.2, 0) is 22.4 Å². The molecule has 11 heteroatoms. The average Bonchev–Trinajstić information content (AvgIpc) is 3.32. The highest BCUT2D eigenvalue weighted by Gasteiger charge is 2.29. The van der Waals surface area contributed by atoms with Gasteiger partial charge in [0.15, 0.2) is 17.6 Å². The van der Waals surface area contributed by atoms with E-state index in [1.165, 1.54) is 23.6 Å². The molecule has 42 heavy (non-hydrogen) atoms. The molecule has 0 saturated carbocycles. The Labute approximate surface area is 248 Å². The number of hydrazone groups is 1. The summed E-state index contributed by atoms with van der Waals surface area (Å²) in [7, 11) is 0. The lowest BCUT2D eigenvalue weighted by Crippen LogP contribution is -2.33. The van der Waals surface area contributed by atoms with Crippen LogP contribution < -0.4 is 20.2 Å². The summed E-state index contributed by atoms with van der Waals surface area (Å²) in [6, 6.07) is 11.1. The van der Waals surface area contributed by atoms with Crippen molar-refractivity contribution in [2.45, 2.75) is 53.1 Å². The molecule has 222 valence electrons. The van der Waals surface area contributed by atoms with E-state index in [9.17, 15) is 19.5 Å². The fourth-order valence-electron chi connectivity index (χ4n) is 4.52. The van der Waals surface area contributed by atoms with E-state index in [1.54, 1.807) is 50.2 Å². The Kier molecular flexibility index (Phi) is 10.2. The second-order valence-electron chi connectivity index (χ2n) is 9.91. The topological polar surface area (TPSA) is 136 Å². The monoisotopic (exact) mass is 593 g/mol. The van der Waals surface area contributed by atoms with Gasteiger partial charge in [-0.3, -0.25) is 9.59 Å². The third-order valence-electron chi connectivity index (χ3n) is 6.69. The van der Waals surface area contributed by atoms with Gasteiger partial charge in [0.1, 0.15) is 10.8 Å². The summed E-state index contributed by atoms with van der Waals surface area (Å²) >= 11 is 1.44. The highest BCUT2D eigenvalue weighted by molar-refractivity contribution is 7.17. The van der Waals surface area contributed by atoms with E-state index in [-0.39, 0.29) is 18.3 Å². The molecule has 1 aliphatic rings. The van der Waals surface area contributed by atoms with Crippen LogP contribution in [0.25, 0.3) is 0 Å². The van der Waals surface area contributed by atoms with Gasteiger partial charge in [0.25, 0.3) is 11.8 Å². The molecule has 1 aliphatic carbocycles. The highest BCUT2D eigenvalue weighted by Crippen LogP contribution is 2.40. The van der Waals surface area contributed by atoms with Crippen LogP contribution in [0.3, 0.4) is 0 Å². The maximum absolute atomic E-state index is 13.1. The van der Waals surface area contributed by atoms with Crippen molar-refractivity contribution in [2.75, 3.05) is 18.5 Å². The van der Waals surface area contributed by atoms with Crippen LogP contribution in [0.4, 0.5) is 5.00 Å². The molecule has 0 spiro atoms. The molecule has 10 nitrogen and oxygen atoms in total. The lowest BCUT2D eigenvalue weighted by Gasteiger charge is -2.18. The van der Waals surface area contributed by atoms with Gasteiger partial charge in [-0.2, -0.15) is 5.10 Å². The minimum Gasteiger partial charge on any atom is -0.504 e. The lowest BCUT2D eigenvalue weighted by molar-refractivity contribution is -0.127. The largest absolute Gasteiger partial charge is 0.504 e. The predicted molar refractivity (Wildman–Crippen MR) is 161 cm³/mol. The first kappa shape index (κ1) is 30.6. The number of fused-ring (bicyclic) bond motifs is 1. The SMILES string of the molecule is CCOC(=O)c1c(NC(=O)c2ccc(O[C@@H](C)C(=O)N/N=C\c3ccc(O)c(OCC)c3)cc2)sc2c1CC[C@H](C)C2. The van der Waals surface area contributed by atoms with Crippen molar-refractivity contribution in [1.29, 1.82) is 0 Å². The fourth-order valence-corrected chi connectivity index (χ4v) is 5.91. The minimum atomic E-state index is -0.868. The van der Waals surface area contributed by atoms with Crippen LogP contribution in [0.2, 0.25) is 0 Å². The number of carbonyl (C=O) groups excluding carboxylic acids is 3. The summed E-state index contributed by atoms with van der Waals surface area (Å²) in [6.07, 6.45) is 3.20. The molecule has 0 bridgehead atoms. The van der Waals surface area contributed by atoms with Crippen molar-refractivity contribution >= 4 is 40.3 Å². The molecule has 2 amide bonds. The van der Waals surface area contributed by atoms with E-state index in [2.05, 4.69) is 22.8 Å². The number of phenolic OH excluding ortho intramolecular Hbond substituents is 1. The summed E-state index contributed by atoms with van der Waals surface area (Å²) < 4.78 is 16.3. The van der Waals surface area contributed by atoms with E-state index in [4.69, 9.17) is 14.2 Å². The van der Waals surface area contributed by atoms with Crippen molar-refractivity contribution in [3.63, 3.8) is 0 Å². The van der Waals surface area contributed by atoms with Crippen LogP contribution >= 0.6 is 11.3 Å². The molecular formula is C31H35N3O7S. The number of amides is 2. The van der Waals surface area contributed by atoms with Gasteiger partial charge in [-0.15, -0.1) is 11.3 Å². The molecule has 0 aliphatic heterocycles. The summed E-state index contributed by atoms with van der Waals surface area (Å²) in [5.41, 5.74) is 4.86. The normalized spacial score (nSPS) is 15.0. The van der Waals surface area contributed by atoms with Gasteiger partial charge in [-0.25, -0.2) is 10.2 Å². The van der Waals surface area contributed by atoms with Crippen LogP contribution in [0.15, 0.2) is 47.6 Å². The Bertz CT molecular complexity index is 1470. The molecule has 1 heterocycles. The Balaban J connectivity index is 1.36. The van der Waals surface area contributed by atoms with E-state index >= 15 is 0 Å². The molecule has 3 N–H and O–H groups in total. The number of aromatic hydroxyl groups is 1. The zero-order valence-electron chi connectivity index (χ0n) is 24.1. The van der Waals surface area contributed by atoms with E-state index in [0.717, 1.165) is 29.7 Å². The molecule has 0 radical (unpaired) electrons. The van der Waals surface area contributed by atoms with Gasteiger partial charge < -0.3 is 24.6 Å². The summed E-state index contributed by atoms with van der Waals surface area (Å²) in [5, 5.41) is 17.2. The summed E-state index contributed by atoms with van der Waals surface area (Å²) in [5.74, 6) is 0.00565. The number of nitrogens with zero attached hydrogens (tertiary/aromatic N) is 1. The molecule has 4 rings (SSSR count). The van der Waals surface area contributed by atoms with Crippen LogP contribution in [0, 0.1) is 5.92 Å². The molecule has 2 atom stereocenters. The van der Waals surface area contributed by atoms with Crippen molar-refractivity contribution in [3.8, 4) is 17.2 Å². The van der Waals surface area contributed by atoms with E-state index in [0.29, 0.717) is 45.7 Å². The van der Waals surface area contributed by atoms with Crippen LogP contribution in [-0.4, -0.2) is 48.4 Å². The molecule has 2 aromatic carbocycles. The smallest absolute Gasteiger partial charge is 0.341 e. The lowest BCUT2D eigenvalue weighted by atomic mass is 9.88. The quantitative estimate of drug-likeness (QED) is 0.155. The first-order valence-electron chi connectivity index (χ1n) is 13.9. The third kappa shape index (κ3) is 7.47. The number of ether oxygens (including phenoxy) is 3. The number of phenols is 1. The van der Waals surface area contributed by atoms with Gasteiger partial charge in [-0.05, 0) is 99.5 Å². The number of carbonyl (C=O) groups is 3. The fraction of sp³-hybridized carbons (Fsp3) is 0.355. The first-order chi connectivity index (χ1) is 20.2. The van der Waals surface area contributed by atoms with Crippen molar-refractivity contribution in [3.05, 3.63) is 69.6 Å². The number of esters is 1. The standard InChI is InChI=1S/C31H35N3O7S/c1-5-39-25-16-20(8-14-24(25)35)17-32-34-28(36)19(4)41-22-11-9-21(10-12-22)29(37)33-30-27(31(38)40-6-2)23-13-7-18(3)15-26(23)42-30/h8-12,14,16-19,35H,5-7,13,15H2,1-4H3,(H,33,37)(H,34,36)/b32-17-/t18-,19-/m0/s1. The van der Waals surface area contributed by atoms with Gasteiger partial charge >= 0.3 is 5.97 Å². The first-order valence-corrected chi connectivity index (χ1v) is 14.7. The van der Waals surface area contributed by atoms with Crippen molar-refractivity contribution in [1.82, 2.24) is 5.43 Å². The second kappa shape index (κ2) is 14.0. The van der Waals surface area contributed by atoms with Gasteiger partial charge in [-0.1, -0.05) is 6.92 Å². The molecular weight excluding hydrogens is 558 g/mol. The van der Waals surface area contributed by atoms with Gasteiger partial charge in [0.05, 0.1) is 25.0 Å². The van der Waals surface area contributed by atoms with Gasteiger partial charge in [0, 0.05) is 10.4 Å². The van der Waals surface area contributed by atoms with E-state index < -0.39 is 18.0 Å². The Hall–Kier alpha value is -4.38. The van der Waals surface area contributed by atoms with Crippen LogP contribution in [0.5, 0.6) is 17.2 Å². The zero-order valence-corrected chi connectivity index (χ0v) is 24.9. The summed E-state index contributed by atoms with van der Waals surface area (Å²) in [6.45, 7) is 7.99. The number of hydrogen-bond acceptors (Lipinski definition) is 9. The molecule has 1 aromatic heterocycles. The summed E-state index contributed by atoms with van der Waals surface area (Å²) in [4.78, 5) is 39.4. The third-order valence-corrected chi connectivity index (χ3v) is 7.86. The molecule has 0 fully saturated rings. The number of thiophene rings is 1.